The lowest BCUT2D eigenvalue weighted by Crippen LogP contribution is -2.17. The van der Waals surface area contributed by atoms with Gasteiger partial charge in [-0.05, 0) is 41.6 Å². The zero-order valence-corrected chi connectivity index (χ0v) is 14.8. The van der Waals surface area contributed by atoms with Crippen LogP contribution in [0.25, 0.3) is 6.08 Å². The molecule has 25 heavy (non-hydrogen) atoms. The molecule has 5 nitrogen and oxygen atoms in total. The molecule has 7 heteroatoms. The molecule has 0 spiro atoms. The summed E-state index contributed by atoms with van der Waals surface area (Å²) in [6.07, 6.45) is 1.62. The molecule has 1 fully saturated rings. The van der Waals surface area contributed by atoms with Gasteiger partial charge in [-0.3, -0.25) is 14.9 Å². The first-order chi connectivity index (χ1) is 12.1. The number of benzene rings is 2. The van der Waals surface area contributed by atoms with Crippen LogP contribution in [0, 0.1) is 0 Å². The van der Waals surface area contributed by atoms with E-state index in [1.165, 1.54) is 0 Å². The molecule has 1 N–H and O–H groups in total. The van der Waals surface area contributed by atoms with E-state index in [1.54, 1.807) is 43.5 Å². The fraction of sp³-hybridized carbons (Fsp3) is 0.111. The Hall–Kier alpha value is -2.44. The zero-order chi connectivity index (χ0) is 17.8. The van der Waals surface area contributed by atoms with Crippen LogP contribution in [-0.4, -0.2) is 18.3 Å². The van der Waals surface area contributed by atoms with Crippen LogP contribution in [0.4, 0.5) is 4.79 Å². The smallest absolute Gasteiger partial charge is 0.290 e. The van der Waals surface area contributed by atoms with Crippen LogP contribution < -0.4 is 14.8 Å². The highest BCUT2D eigenvalue weighted by Crippen LogP contribution is 2.35. The number of halogens is 1. The topological polar surface area (TPSA) is 64.6 Å². The first kappa shape index (κ1) is 17.4. The summed E-state index contributed by atoms with van der Waals surface area (Å²) < 4.78 is 11.3. The number of rotatable bonds is 5. The van der Waals surface area contributed by atoms with Gasteiger partial charge in [0.2, 0.25) is 0 Å². The summed E-state index contributed by atoms with van der Waals surface area (Å²) in [4.78, 5) is 23.4. The maximum Gasteiger partial charge on any atom is 0.290 e. The predicted octanol–water partition coefficient (Wildman–Crippen LogP) is 4.25. The second-order valence-corrected chi connectivity index (χ2v) is 6.60. The van der Waals surface area contributed by atoms with E-state index >= 15 is 0 Å². The molecule has 0 saturated carbocycles. The molecule has 0 aromatic heterocycles. The molecule has 0 radical (unpaired) electrons. The predicted molar refractivity (Wildman–Crippen MR) is 97.9 cm³/mol. The normalized spacial score (nSPS) is 15.4. The fourth-order valence-corrected chi connectivity index (χ4v) is 3.06. The first-order valence-electron chi connectivity index (χ1n) is 7.36. The van der Waals surface area contributed by atoms with Gasteiger partial charge in [0.05, 0.1) is 12.0 Å². The van der Waals surface area contributed by atoms with Crippen molar-refractivity contribution in [2.24, 2.45) is 0 Å². The lowest BCUT2D eigenvalue weighted by atomic mass is 10.1. The SMILES string of the molecule is COc1cccc(/C=C2\SC(=O)NC2=O)c1OCc1ccc(Cl)cc1. The maximum atomic E-state index is 11.8. The van der Waals surface area contributed by atoms with Gasteiger partial charge >= 0.3 is 0 Å². The van der Waals surface area contributed by atoms with Crippen molar-refractivity contribution in [3.8, 4) is 11.5 Å². The summed E-state index contributed by atoms with van der Waals surface area (Å²) in [5, 5.41) is 2.50. The molecule has 0 aliphatic carbocycles. The van der Waals surface area contributed by atoms with Crippen LogP contribution in [0.1, 0.15) is 11.1 Å². The quantitative estimate of drug-likeness (QED) is 0.791. The highest BCUT2D eigenvalue weighted by atomic mass is 35.5. The van der Waals surface area contributed by atoms with E-state index in [2.05, 4.69) is 5.32 Å². The van der Waals surface area contributed by atoms with Gasteiger partial charge < -0.3 is 9.47 Å². The van der Waals surface area contributed by atoms with Crippen LogP contribution in [0.3, 0.4) is 0 Å². The number of hydrogen-bond acceptors (Lipinski definition) is 5. The summed E-state index contributed by atoms with van der Waals surface area (Å²) >= 11 is 6.74. The Labute approximate surface area is 154 Å². The third-order valence-electron chi connectivity index (χ3n) is 3.45. The number of ether oxygens (including phenoxy) is 2. The number of carbonyl (C=O) groups is 2. The largest absolute Gasteiger partial charge is 0.493 e. The summed E-state index contributed by atoms with van der Waals surface area (Å²) in [7, 11) is 1.54. The molecular formula is C18H14ClNO4S. The van der Waals surface area contributed by atoms with Crippen molar-refractivity contribution in [2.45, 2.75) is 6.61 Å². The molecule has 2 aromatic carbocycles. The molecule has 0 bridgehead atoms. The standard InChI is InChI=1S/C18H14ClNO4S/c1-23-14-4-2-3-12(9-15-17(21)20-18(22)25-15)16(14)24-10-11-5-7-13(19)8-6-11/h2-9H,10H2,1H3,(H,20,21,22)/b15-9-. The van der Waals surface area contributed by atoms with Crippen LogP contribution in [0.15, 0.2) is 47.4 Å². The van der Waals surface area contributed by atoms with Crippen LogP contribution in [-0.2, 0) is 11.4 Å². The number of nitrogens with one attached hydrogen (secondary N) is 1. The van der Waals surface area contributed by atoms with Crippen LogP contribution >= 0.6 is 23.4 Å². The van der Waals surface area contributed by atoms with Gasteiger partial charge in [0.15, 0.2) is 11.5 Å². The number of thioether (sulfide) groups is 1. The number of hydrogen-bond donors (Lipinski definition) is 1. The third kappa shape index (κ3) is 4.15. The van der Waals surface area contributed by atoms with Crippen molar-refractivity contribution in [1.82, 2.24) is 5.32 Å². The number of imide groups is 1. The van der Waals surface area contributed by atoms with E-state index < -0.39 is 5.91 Å². The maximum absolute atomic E-state index is 11.8. The van der Waals surface area contributed by atoms with E-state index in [1.807, 2.05) is 12.1 Å². The Morgan fingerprint density at radius 3 is 2.56 bits per heavy atom. The minimum absolute atomic E-state index is 0.311. The van der Waals surface area contributed by atoms with Crippen molar-refractivity contribution in [1.29, 1.82) is 0 Å². The van der Waals surface area contributed by atoms with E-state index in [0.717, 1.165) is 17.3 Å². The first-order valence-corrected chi connectivity index (χ1v) is 8.55. The van der Waals surface area contributed by atoms with E-state index in [9.17, 15) is 9.59 Å². The lowest BCUT2D eigenvalue weighted by molar-refractivity contribution is -0.115. The van der Waals surface area contributed by atoms with E-state index in [0.29, 0.717) is 33.6 Å². The van der Waals surface area contributed by atoms with Crippen molar-refractivity contribution in [2.75, 3.05) is 7.11 Å². The van der Waals surface area contributed by atoms with Gasteiger partial charge in [0.25, 0.3) is 11.1 Å². The third-order valence-corrected chi connectivity index (χ3v) is 4.52. The molecule has 0 atom stereocenters. The van der Waals surface area contributed by atoms with Crippen LogP contribution in [0.2, 0.25) is 5.02 Å². The second-order valence-electron chi connectivity index (χ2n) is 5.15. The Balaban J connectivity index is 1.89. The van der Waals surface area contributed by atoms with Gasteiger partial charge in [0, 0.05) is 10.6 Å². The molecule has 128 valence electrons. The number of para-hydroxylation sites is 1. The molecule has 2 aromatic rings. The van der Waals surface area contributed by atoms with Gasteiger partial charge in [-0.2, -0.15) is 0 Å². The second kappa shape index (κ2) is 7.63. The van der Waals surface area contributed by atoms with Crippen molar-refractivity contribution in [3.05, 3.63) is 63.5 Å². The minimum atomic E-state index is -0.415. The number of carbonyl (C=O) groups excluding carboxylic acids is 2. The van der Waals surface area contributed by atoms with Crippen LogP contribution in [0.5, 0.6) is 11.5 Å². The lowest BCUT2D eigenvalue weighted by Gasteiger charge is -2.13. The Kier molecular flexibility index (Phi) is 5.31. The van der Waals surface area contributed by atoms with E-state index in [4.69, 9.17) is 21.1 Å². The molecule has 1 aliphatic heterocycles. The highest BCUT2D eigenvalue weighted by Gasteiger charge is 2.25. The summed E-state index contributed by atoms with van der Waals surface area (Å²) in [5.41, 5.74) is 1.60. The van der Waals surface area contributed by atoms with Crippen molar-refractivity contribution >= 4 is 40.6 Å². The van der Waals surface area contributed by atoms with E-state index in [-0.39, 0.29) is 5.24 Å². The number of amides is 2. The molecule has 2 amide bonds. The van der Waals surface area contributed by atoms with Gasteiger partial charge in [-0.1, -0.05) is 35.9 Å². The molecular weight excluding hydrogens is 362 g/mol. The molecule has 1 heterocycles. The minimum Gasteiger partial charge on any atom is -0.493 e. The molecule has 0 unspecified atom stereocenters. The number of methoxy groups -OCH3 is 1. The van der Waals surface area contributed by atoms with Gasteiger partial charge in [-0.25, -0.2) is 0 Å². The average Bonchev–Trinajstić information content (AvgIpc) is 2.92. The van der Waals surface area contributed by atoms with Gasteiger partial charge in [0.1, 0.15) is 6.61 Å². The van der Waals surface area contributed by atoms with Crippen molar-refractivity contribution in [3.63, 3.8) is 0 Å². The van der Waals surface area contributed by atoms with Crippen molar-refractivity contribution < 1.29 is 19.1 Å². The highest BCUT2D eigenvalue weighted by molar-refractivity contribution is 8.18. The Morgan fingerprint density at radius 2 is 1.92 bits per heavy atom. The zero-order valence-electron chi connectivity index (χ0n) is 13.2. The average molecular weight is 376 g/mol. The fourth-order valence-electron chi connectivity index (χ4n) is 2.26. The summed E-state index contributed by atoms with van der Waals surface area (Å²) in [6, 6.07) is 12.7. The molecule has 1 aliphatic rings. The monoisotopic (exact) mass is 375 g/mol. The Morgan fingerprint density at radius 1 is 1.16 bits per heavy atom. The van der Waals surface area contributed by atoms with Gasteiger partial charge in [-0.15, -0.1) is 0 Å². The molecule has 1 saturated heterocycles. The summed E-state index contributed by atoms with van der Waals surface area (Å²) in [5.74, 6) is 0.625. The summed E-state index contributed by atoms with van der Waals surface area (Å²) in [6.45, 7) is 0.311. The molecule has 3 rings (SSSR count). The Bertz CT molecular complexity index is 849.